The summed E-state index contributed by atoms with van der Waals surface area (Å²) in [5.74, 6) is 1.94. The summed E-state index contributed by atoms with van der Waals surface area (Å²) in [4.78, 5) is 11.9. The van der Waals surface area contributed by atoms with Crippen LogP contribution in [0.2, 0.25) is 0 Å². The lowest BCUT2D eigenvalue weighted by Gasteiger charge is -2.37. The third kappa shape index (κ3) is 1.08. The molecule has 78 valence electrons. The van der Waals surface area contributed by atoms with E-state index in [9.17, 15) is 4.79 Å². The molecule has 2 nitrogen and oxygen atoms in total. The van der Waals surface area contributed by atoms with Crippen molar-refractivity contribution in [2.45, 2.75) is 24.7 Å². The molecule has 2 bridgehead atoms. The summed E-state index contributed by atoms with van der Waals surface area (Å²) in [6.07, 6.45) is 2.90. The zero-order valence-corrected chi connectivity index (χ0v) is 8.82. The number of ketones is 1. The largest absolute Gasteiger partial charge is 0.497 e. The Morgan fingerprint density at radius 3 is 2.80 bits per heavy atom. The number of benzene rings is 1. The SMILES string of the molecule is COc1cccc(C23CC(CC2=O)C3)c1. The summed E-state index contributed by atoms with van der Waals surface area (Å²) in [6, 6.07) is 7.97. The lowest BCUT2D eigenvalue weighted by molar-refractivity contribution is -0.121. The van der Waals surface area contributed by atoms with Crippen molar-refractivity contribution in [1.82, 2.24) is 0 Å². The number of hydrogen-bond donors (Lipinski definition) is 0. The van der Waals surface area contributed by atoms with Crippen molar-refractivity contribution in [3.05, 3.63) is 29.8 Å². The number of fused-ring (bicyclic) bond motifs is 1. The predicted octanol–water partition coefficient (Wildman–Crippen LogP) is 2.32. The molecule has 0 saturated heterocycles. The van der Waals surface area contributed by atoms with Crippen molar-refractivity contribution in [3.63, 3.8) is 0 Å². The van der Waals surface area contributed by atoms with Crippen LogP contribution in [0.4, 0.5) is 0 Å². The van der Waals surface area contributed by atoms with Crippen molar-refractivity contribution < 1.29 is 9.53 Å². The fourth-order valence-electron chi connectivity index (χ4n) is 3.07. The number of methoxy groups -OCH3 is 1. The summed E-state index contributed by atoms with van der Waals surface area (Å²) in [5.41, 5.74) is 1.01. The standard InChI is InChI=1S/C13H14O2/c1-15-11-4-2-3-10(6-11)13-7-9(8-13)5-12(13)14/h2-4,6,9H,5,7-8H2,1H3. The highest BCUT2D eigenvalue weighted by Gasteiger charge is 2.57. The van der Waals surface area contributed by atoms with Crippen LogP contribution >= 0.6 is 0 Å². The van der Waals surface area contributed by atoms with E-state index in [0.29, 0.717) is 11.7 Å². The maximum Gasteiger partial charge on any atom is 0.143 e. The molecule has 0 N–H and O–H groups in total. The Balaban J connectivity index is 2.02. The highest BCUT2D eigenvalue weighted by atomic mass is 16.5. The molecule has 0 atom stereocenters. The lowest BCUT2D eigenvalue weighted by atomic mass is 9.65. The molecule has 0 aliphatic heterocycles. The molecule has 3 fully saturated rings. The first-order valence-corrected chi connectivity index (χ1v) is 5.42. The quantitative estimate of drug-likeness (QED) is 0.735. The third-order valence-electron chi connectivity index (χ3n) is 3.90. The maximum absolute atomic E-state index is 11.9. The highest BCUT2D eigenvalue weighted by molar-refractivity contribution is 5.95. The van der Waals surface area contributed by atoms with E-state index in [1.807, 2.05) is 18.2 Å². The van der Waals surface area contributed by atoms with E-state index in [2.05, 4.69) is 6.07 Å². The second-order valence-corrected chi connectivity index (χ2v) is 4.72. The Morgan fingerprint density at radius 1 is 1.40 bits per heavy atom. The molecule has 3 saturated carbocycles. The van der Waals surface area contributed by atoms with Crippen molar-refractivity contribution >= 4 is 5.78 Å². The Labute approximate surface area is 89.2 Å². The number of carbonyl (C=O) groups is 1. The van der Waals surface area contributed by atoms with Crippen LogP contribution in [0.5, 0.6) is 5.75 Å². The molecule has 0 aromatic heterocycles. The molecular weight excluding hydrogens is 188 g/mol. The van der Waals surface area contributed by atoms with Gasteiger partial charge in [0.05, 0.1) is 12.5 Å². The van der Waals surface area contributed by atoms with Crippen LogP contribution in [-0.4, -0.2) is 12.9 Å². The van der Waals surface area contributed by atoms with Gasteiger partial charge in [0.2, 0.25) is 0 Å². The normalized spacial score (nSPS) is 32.6. The first-order valence-electron chi connectivity index (χ1n) is 5.42. The van der Waals surface area contributed by atoms with Crippen molar-refractivity contribution in [3.8, 4) is 5.75 Å². The van der Waals surface area contributed by atoms with Gasteiger partial charge in [0.25, 0.3) is 0 Å². The second-order valence-electron chi connectivity index (χ2n) is 4.72. The van der Waals surface area contributed by atoms with Crippen molar-refractivity contribution in [2.75, 3.05) is 7.11 Å². The van der Waals surface area contributed by atoms with Gasteiger partial charge in [-0.15, -0.1) is 0 Å². The first kappa shape index (κ1) is 8.96. The minimum atomic E-state index is -0.140. The predicted molar refractivity (Wildman–Crippen MR) is 57.0 cm³/mol. The summed E-state index contributed by atoms with van der Waals surface area (Å²) in [6.45, 7) is 0. The Hall–Kier alpha value is -1.31. The molecule has 0 heterocycles. The number of hydrogen-bond acceptors (Lipinski definition) is 2. The fraction of sp³-hybridized carbons (Fsp3) is 0.462. The van der Waals surface area contributed by atoms with Gasteiger partial charge in [-0.2, -0.15) is 0 Å². The average molecular weight is 202 g/mol. The molecule has 4 rings (SSSR count). The molecule has 0 radical (unpaired) electrons. The summed E-state index contributed by atoms with van der Waals surface area (Å²) >= 11 is 0. The van der Waals surface area contributed by atoms with E-state index in [4.69, 9.17) is 4.74 Å². The van der Waals surface area contributed by atoms with E-state index in [1.165, 1.54) is 0 Å². The van der Waals surface area contributed by atoms with Crippen LogP contribution in [0.1, 0.15) is 24.8 Å². The maximum atomic E-state index is 11.9. The van der Waals surface area contributed by atoms with Gasteiger partial charge in [-0.3, -0.25) is 4.79 Å². The van der Waals surface area contributed by atoms with Crippen molar-refractivity contribution in [2.24, 2.45) is 5.92 Å². The summed E-state index contributed by atoms with van der Waals surface area (Å²) < 4.78 is 5.20. The van der Waals surface area contributed by atoms with Gasteiger partial charge >= 0.3 is 0 Å². The number of Topliss-reactive ketones (excluding diaryl/α,β-unsaturated/α-hetero) is 1. The first-order chi connectivity index (χ1) is 7.24. The number of rotatable bonds is 2. The zero-order valence-electron chi connectivity index (χ0n) is 8.82. The fourth-order valence-corrected chi connectivity index (χ4v) is 3.07. The van der Waals surface area contributed by atoms with Crippen LogP contribution in [0.3, 0.4) is 0 Å². The van der Waals surface area contributed by atoms with E-state index in [0.717, 1.165) is 30.6 Å². The Kier molecular flexibility index (Phi) is 1.70. The smallest absolute Gasteiger partial charge is 0.143 e. The van der Waals surface area contributed by atoms with E-state index in [1.54, 1.807) is 7.11 Å². The van der Waals surface area contributed by atoms with Gasteiger partial charge in [0, 0.05) is 6.42 Å². The molecule has 15 heavy (non-hydrogen) atoms. The Bertz CT molecular complexity index is 416. The van der Waals surface area contributed by atoms with Crippen LogP contribution in [0.15, 0.2) is 24.3 Å². The third-order valence-corrected chi connectivity index (χ3v) is 3.90. The molecular formula is C13H14O2. The molecule has 0 unspecified atom stereocenters. The summed E-state index contributed by atoms with van der Waals surface area (Å²) in [5, 5.41) is 0. The van der Waals surface area contributed by atoms with E-state index in [-0.39, 0.29) is 5.41 Å². The van der Waals surface area contributed by atoms with Crippen LogP contribution in [-0.2, 0) is 10.2 Å². The van der Waals surface area contributed by atoms with E-state index >= 15 is 0 Å². The minimum Gasteiger partial charge on any atom is -0.497 e. The van der Waals surface area contributed by atoms with Gasteiger partial charge < -0.3 is 4.74 Å². The lowest BCUT2D eigenvalue weighted by Crippen LogP contribution is -2.36. The average Bonchev–Trinajstić information content (AvgIpc) is 2.70. The van der Waals surface area contributed by atoms with Gasteiger partial charge in [0.15, 0.2) is 0 Å². The van der Waals surface area contributed by atoms with Crippen LogP contribution in [0.25, 0.3) is 0 Å². The molecule has 0 amide bonds. The van der Waals surface area contributed by atoms with Crippen molar-refractivity contribution in [1.29, 1.82) is 0 Å². The monoisotopic (exact) mass is 202 g/mol. The second kappa shape index (κ2) is 2.84. The van der Waals surface area contributed by atoms with Gasteiger partial charge in [-0.05, 0) is 36.5 Å². The highest BCUT2D eigenvalue weighted by Crippen LogP contribution is 2.57. The zero-order chi connectivity index (χ0) is 10.5. The molecule has 1 aromatic carbocycles. The molecule has 3 aliphatic carbocycles. The molecule has 3 aliphatic rings. The van der Waals surface area contributed by atoms with Gasteiger partial charge in [0.1, 0.15) is 11.5 Å². The molecule has 1 aromatic rings. The molecule has 2 heteroatoms. The minimum absolute atomic E-state index is 0.140. The number of carbonyl (C=O) groups excluding carboxylic acids is 1. The van der Waals surface area contributed by atoms with Gasteiger partial charge in [-0.25, -0.2) is 0 Å². The summed E-state index contributed by atoms with van der Waals surface area (Å²) in [7, 11) is 1.66. The van der Waals surface area contributed by atoms with Crippen LogP contribution in [0, 0.1) is 5.92 Å². The Morgan fingerprint density at radius 2 is 2.20 bits per heavy atom. The van der Waals surface area contributed by atoms with Crippen LogP contribution < -0.4 is 4.74 Å². The number of ether oxygens (including phenoxy) is 1. The topological polar surface area (TPSA) is 26.3 Å². The molecule has 0 spiro atoms. The van der Waals surface area contributed by atoms with Gasteiger partial charge in [-0.1, -0.05) is 12.1 Å². The van der Waals surface area contributed by atoms with E-state index < -0.39 is 0 Å².